The Morgan fingerprint density at radius 1 is 1.48 bits per heavy atom. The van der Waals surface area contributed by atoms with Crippen LogP contribution in [0.4, 0.5) is 4.79 Å². The van der Waals surface area contributed by atoms with Crippen molar-refractivity contribution in [3.8, 4) is 12.3 Å². The van der Waals surface area contributed by atoms with Crippen LogP contribution in [0.3, 0.4) is 0 Å². The molecule has 0 aromatic carbocycles. The van der Waals surface area contributed by atoms with Gasteiger partial charge in [0.2, 0.25) is 11.8 Å². The average Bonchev–Trinajstić information content (AvgIpc) is 2.22. The van der Waals surface area contributed by atoms with Crippen LogP contribution in [0.1, 0.15) is 33.6 Å². The van der Waals surface area contributed by atoms with Gasteiger partial charge in [-0.3, -0.25) is 14.5 Å². The molecule has 3 amide bonds. The summed E-state index contributed by atoms with van der Waals surface area (Å²) in [7, 11) is 0. The number of terminal acetylenes is 1. The standard InChI is InChI=1S/C14H21N3O4/c1-5-9(8-11(15)18)16-12(19)10-6-7-17(10)13(20)21-14(2,3)4/h1,9-10H,6-8H2,2-4H3,(H2,15,18)(H,16,19). The Bertz CT molecular complexity index is 476. The summed E-state index contributed by atoms with van der Waals surface area (Å²) in [5, 5.41) is 2.52. The molecule has 116 valence electrons. The van der Waals surface area contributed by atoms with Gasteiger partial charge in [0.05, 0.1) is 12.5 Å². The normalized spacial score (nSPS) is 19.0. The van der Waals surface area contributed by atoms with Crippen LogP contribution in [-0.4, -0.2) is 47.0 Å². The first kappa shape index (κ1) is 16.8. The molecule has 21 heavy (non-hydrogen) atoms. The summed E-state index contributed by atoms with van der Waals surface area (Å²) in [5.41, 5.74) is 4.42. The van der Waals surface area contributed by atoms with E-state index in [-0.39, 0.29) is 6.42 Å². The summed E-state index contributed by atoms with van der Waals surface area (Å²) in [6.07, 6.45) is 5.08. The maximum absolute atomic E-state index is 12.0. The van der Waals surface area contributed by atoms with Crippen LogP contribution >= 0.6 is 0 Å². The summed E-state index contributed by atoms with van der Waals surface area (Å²) in [4.78, 5) is 36.1. The van der Waals surface area contributed by atoms with Crippen LogP contribution in [0.15, 0.2) is 0 Å². The zero-order chi connectivity index (χ0) is 16.2. The number of carbonyl (C=O) groups is 3. The van der Waals surface area contributed by atoms with Crippen LogP contribution in [0.2, 0.25) is 0 Å². The van der Waals surface area contributed by atoms with E-state index >= 15 is 0 Å². The molecular weight excluding hydrogens is 274 g/mol. The largest absolute Gasteiger partial charge is 0.444 e. The van der Waals surface area contributed by atoms with Gasteiger partial charge in [0.15, 0.2) is 0 Å². The highest BCUT2D eigenvalue weighted by Crippen LogP contribution is 2.21. The van der Waals surface area contributed by atoms with E-state index < -0.39 is 35.6 Å². The van der Waals surface area contributed by atoms with Gasteiger partial charge < -0.3 is 15.8 Å². The van der Waals surface area contributed by atoms with Gasteiger partial charge >= 0.3 is 6.09 Å². The second-order valence-electron chi connectivity index (χ2n) is 5.88. The van der Waals surface area contributed by atoms with Gasteiger partial charge in [-0.15, -0.1) is 6.42 Å². The highest BCUT2D eigenvalue weighted by Gasteiger charge is 2.40. The molecule has 2 unspecified atom stereocenters. The number of amides is 3. The van der Waals surface area contributed by atoms with E-state index in [0.717, 1.165) is 0 Å². The van der Waals surface area contributed by atoms with Gasteiger partial charge in [-0.1, -0.05) is 5.92 Å². The van der Waals surface area contributed by atoms with Gasteiger partial charge in [-0.05, 0) is 27.2 Å². The Labute approximate surface area is 124 Å². The minimum absolute atomic E-state index is 0.138. The van der Waals surface area contributed by atoms with Gasteiger partial charge in [0.25, 0.3) is 0 Å². The summed E-state index contributed by atoms with van der Waals surface area (Å²) in [6.45, 7) is 5.70. The maximum Gasteiger partial charge on any atom is 0.410 e. The predicted molar refractivity (Wildman–Crippen MR) is 75.9 cm³/mol. The number of rotatable bonds is 4. The molecule has 7 heteroatoms. The zero-order valence-corrected chi connectivity index (χ0v) is 12.5. The van der Waals surface area contributed by atoms with Crippen LogP contribution in [0, 0.1) is 12.3 Å². The van der Waals surface area contributed by atoms with Crippen molar-refractivity contribution in [3.63, 3.8) is 0 Å². The molecule has 7 nitrogen and oxygen atoms in total. The number of ether oxygens (including phenoxy) is 1. The van der Waals surface area contributed by atoms with E-state index in [0.29, 0.717) is 13.0 Å². The van der Waals surface area contributed by atoms with Crippen molar-refractivity contribution in [2.24, 2.45) is 5.73 Å². The lowest BCUT2D eigenvalue weighted by atomic mass is 10.0. The predicted octanol–water partition coefficient (Wildman–Crippen LogP) is -0.0108. The fourth-order valence-corrected chi connectivity index (χ4v) is 1.82. The topological polar surface area (TPSA) is 102 Å². The Hall–Kier alpha value is -2.23. The Morgan fingerprint density at radius 3 is 2.48 bits per heavy atom. The summed E-state index contributed by atoms with van der Waals surface area (Å²) < 4.78 is 5.21. The zero-order valence-electron chi connectivity index (χ0n) is 12.5. The lowest BCUT2D eigenvalue weighted by Crippen LogP contribution is -2.60. The number of hydrogen-bond acceptors (Lipinski definition) is 4. The van der Waals surface area contributed by atoms with Crippen molar-refractivity contribution in [2.75, 3.05) is 6.54 Å². The third kappa shape index (κ3) is 4.99. The number of likely N-dealkylation sites (tertiary alicyclic amines) is 1. The molecule has 0 aromatic rings. The van der Waals surface area contributed by atoms with E-state index in [4.69, 9.17) is 16.9 Å². The Morgan fingerprint density at radius 2 is 2.10 bits per heavy atom. The van der Waals surface area contributed by atoms with Crippen molar-refractivity contribution in [1.29, 1.82) is 0 Å². The van der Waals surface area contributed by atoms with Crippen LogP contribution in [-0.2, 0) is 14.3 Å². The molecule has 1 aliphatic heterocycles. The van der Waals surface area contributed by atoms with Crippen LogP contribution < -0.4 is 11.1 Å². The quantitative estimate of drug-likeness (QED) is 0.712. The second kappa shape index (κ2) is 6.48. The smallest absolute Gasteiger partial charge is 0.410 e. The van der Waals surface area contributed by atoms with Crippen LogP contribution in [0.25, 0.3) is 0 Å². The molecule has 0 bridgehead atoms. The second-order valence-corrected chi connectivity index (χ2v) is 5.88. The molecule has 1 fully saturated rings. The molecule has 1 rings (SSSR count). The van der Waals surface area contributed by atoms with E-state index in [2.05, 4.69) is 11.2 Å². The molecule has 1 saturated heterocycles. The molecule has 0 aliphatic carbocycles. The van der Waals surface area contributed by atoms with Crippen molar-refractivity contribution in [2.45, 2.75) is 51.3 Å². The van der Waals surface area contributed by atoms with E-state index in [1.165, 1.54) is 4.90 Å². The van der Waals surface area contributed by atoms with Gasteiger partial charge in [0, 0.05) is 6.54 Å². The third-order valence-electron chi connectivity index (χ3n) is 2.87. The molecule has 1 aliphatic rings. The number of hydrogen-bond donors (Lipinski definition) is 2. The maximum atomic E-state index is 12.0. The lowest BCUT2D eigenvalue weighted by molar-refractivity contribution is -0.131. The minimum Gasteiger partial charge on any atom is -0.444 e. The number of nitrogens with one attached hydrogen (secondary N) is 1. The molecule has 0 aromatic heterocycles. The number of carbonyl (C=O) groups excluding carboxylic acids is 3. The first-order valence-electron chi connectivity index (χ1n) is 6.68. The molecule has 0 spiro atoms. The van der Waals surface area contributed by atoms with Crippen LogP contribution in [0.5, 0.6) is 0 Å². The minimum atomic E-state index is -0.768. The van der Waals surface area contributed by atoms with Crippen molar-refractivity contribution < 1.29 is 19.1 Å². The fourth-order valence-electron chi connectivity index (χ4n) is 1.82. The number of nitrogens with zero attached hydrogens (tertiary/aromatic N) is 1. The summed E-state index contributed by atoms with van der Waals surface area (Å²) >= 11 is 0. The Balaban J connectivity index is 2.57. The summed E-state index contributed by atoms with van der Waals surface area (Å²) in [6, 6.07) is -1.39. The number of nitrogens with two attached hydrogens (primary N) is 1. The molecular formula is C14H21N3O4. The number of primary amides is 1. The first-order chi connectivity index (χ1) is 9.64. The van der Waals surface area contributed by atoms with Gasteiger partial charge in [0.1, 0.15) is 11.6 Å². The summed E-state index contributed by atoms with van der Waals surface area (Å²) in [5.74, 6) is 1.27. The van der Waals surface area contributed by atoms with Crippen molar-refractivity contribution in [1.82, 2.24) is 10.2 Å². The van der Waals surface area contributed by atoms with E-state index in [9.17, 15) is 14.4 Å². The lowest BCUT2D eigenvalue weighted by Gasteiger charge is -2.40. The molecule has 0 saturated carbocycles. The highest BCUT2D eigenvalue weighted by atomic mass is 16.6. The molecule has 0 radical (unpaired) electrons. The average molecular weight is 295 g/mol. The SMILES string of the molecule is C#CC(CC(N)=O)NC(=O)C1CCN1C(=O)OC(C)(C)C. The fraction of sp³-hybridized carbons (Fsp3) is 0.643. The molecule has 2 atom stereocenters. The van der Waals surface area contributed by atoms with Crippen molar-refractivity contribution >= 4 is 17.9 Å². The molecule has 3 N–H and O–H groups in total. The van der Waals surface area contributed by atoms with E-state index in [1.807, 2.05) is 0 Å². The van der Waals surface area contributed by atoms with Gasteiger partial charge in [-0.25, -0.2) is 4.79 Å². The Kier molecular flexibility index (Phi) is 5.19. The van der Waals surface area contributed by atoms with Gasteiger partial charge in [-0.2, -0.15) is 0 Å². The first-order valence-corrected chi connectivity index (χ1v) is 6.68. The van der Waals surface area contributed by atoms with E-state index in [1.54, 1.807) is 20.8 Å². The monoisotopic (exact) mass is 295 g/mol. The highest BCUT2D eigenvalue weighted by molar-refractivity contribution is 5.88. The van der Waals surface area contributed by atoms with Crippen molar-refractivity contribution in [3.05, 3.63) is 0 Å². The third-order valence-corrected chi connectivity index (χ3v) is 2.87. The molecule has 1 heterocycles.